The number of carbonyl (C=O) groups excluding carboxylic acids is 2. The number of hydrogen-bond acceptors (Lipinski definition) is 12. The zero-order valence-electron chi connectivity index (χ0n) is 28.8. The van der Waals surface area contributed by atoms with Gasteiger partial charge in [-0.25, -0.2) is 4.57 Å². The minimum absolute atomic E-state index is 0.0812. The van der Waals surface area contributed by atoms with Crippen molar-refractivity contribution in [1.82, 2.24) is 0 Å². The van der Waals surface area contributed by atoms with Crippen molar-refractivity contribution in [3.8, 4) is 0 Å². The number of esters is 2. The second-order valence-corrected chi connectivity index (χ2v) is 13.8. The summed E-state index contributed by atoms with van der Waals surface area (Å²) in [6.07, 6.45) is 10.6. The van der Waals surface area contributed by atoms with Crippen LogP contribution in [0.3, 0.4) is 0 Å². The fourth-order valence-electron chi connectivity index (χ4n) is 5.08. The highest BCUT2D eigenvalue weighted by Gasteiger charge is 2.51. The van der Waals surface area contributed by atoms with Crippen LogP contribution >= 0.6 is 7.82 Å². The number of aliphatic hydroxyl groups is 5. The summed E-state index contributed by atoms with van der Waals surface area (Å²) in [5.74, 6) is -1.14. The molecule has 0 aromatic rings. The largest absolute Gasteiger partial charge is 0.472 e. The maximum atomic E-state index is 12.6. The molecular formula is C34H61O13P. The molecule has 0 saturated heterocycles. The van der Waals surface area contributed by atoms with Crippen LogP contribution in [0.25, 0.3) is 0 Å². The van der Waals surface area contributed by atoms with Crippen molar-refractivity contribution < 1.29 is 63.1 Å². The SMILES string of the molecule is CCCCC/C=C\C/C=C\CCCCCCCC(=O)OC(COC(=O)CCCCCC)COP(=O)(O)OC1C(O)C(O)C(O)C(O)C1O. The van der Waals surface area contributed by atoms with Crippen molar-refractivity contribution in [3.05, 3.63) is 24.3 Å². The third-order valence-electron chi connectivity index (χ3n) is 8.05. The van der Waals surface area contributed by atoms with E-state index in [-0.39, 0.29) is 12.8 Å². The van der Waals surface area contributed by atoms with E-state index in [0.717, 1.165) is 64.2 Å². The Labute approximate surface area is 285 Å². The van der Waals surface area contributed by atoms with Crippen LogP contribution < -0.4 is 0 Å². The fourth-order valence-corrected chi connectivity index (χ4v) is 6.05. The van der Waals surface area contributed by atoms with E-state index in [2.05, 4.69) is 31.2 Å². The molecule has 1 rings (SSSR count). The van der Waals surface area contributed by atoms with E-state index >= 15 is 0 Å². The third kappa shape index (κ3) is 19.5. The summed E-state index contributed by atoms with van der Waals surface area (Å²) >= 11 is 0. The van der Waals surface area contributed by atoms with Crippen molar-refractivity contribution in [3.63, 3.8) is 0 Å². The van der Waals surface area contributed by atoms with Crippen LogP contribution in [-0.2, 0) is 32.7 Å². The first kappa shape index (κ1) is 44.4. The molecule has 6 unspecified atom stereocenters. The summed E-state index contributed by atoms with van der Waals surface area (Å²) in [6, 6.07) is 0. The van der Waals surface area contributed by atoms with Crippen molar-refractivity contribution in [2.24, 2.45) is 0 Å². The Kier molecular flexibility index (Phi) is 24.2. The van der Waals surface area contributed by atoms with Crippen molar-refractivity contribution in [2.75, 3.05) is 13.2 Å². The molecule has 1 fully saturated rings. The maximum Gasteiger partial charge on any atom is 0.472 e. The van der Waals surface area contributed by atoms with Gasteiger partial charge >= 0.3 is 19.8 Å². The summed E-state index contributed by atoms with van der Waals surface area (Å²) in [5.41, 5.74) is 0. The van der Waals surface area contributed by atoms with Crippen LogP contribution in [0.5, 0.6) is 0 Å². The molecule has 14 heteroatoms. The Morgan fingerprint density at radius 3 is 1.73 bits per heavy atom. The normalized spacial score (nSPS) is 24.9. The average Bonchev–Trinajstić information content (AvgIpc) is 3.06. The first-order valence-corrected chi connectivity index (χ1v) is 19.1. The number of ether oxygens (including phenoxy) is 2. The summed E-state index contributed by atoms with van der Waals surface area (Å²) in [4.78, 5) is 35.0. The van der Waals surface area contributed by atoms with Crippen LogP contribution in [0.2, 0.25) is 0 Å². The highest BCUT2D eigenvalue weighted by Crippen LogP contribution is 2.47. The molecule has 1 aliphatic carbocycles. The summed E-state index contributed by atoms with van der Waals surface area (Å²) < 4.78 is 33.0. The monoisotopic (exact) mass is 708 g/mol. The summed E-state index contributed by atoms with van der Waals surface area (Å²) in [7, 11) is -5.10. The van der Waals surface area contributed by atoms with Gasteiger partial charge in [-0.3, -0.25) is 18.6 Å². The predicted octanol–water partition coefficient (Wildman–Crippen LogP) is 4.55. The van der Waals surface area contributed by atoms with E-state index in [1.165, 1.54) is 19.3 Å². The average molecular weight is 709 g/mol. The molecule has 0 radical (unpaired) electrons. The number of phosphoric acid groups is 1. The second-order valence-electron chi connectivity index (χ2n) is 12.4. The lowest BCUT2D eigenvalue weighted by Crippen LogP contribution is -2.64. The summed E-state index contributed by atoms with van der Waals surface area (Å²) in [5, 5.41) is 49.6. The molecule has 0 heterocycles. The lowest BCUT2D eigenvalue weighted by molar-refractivity contribution is -0.220. The van der Waals surface area contributed by atoms with E-state index < -0.39 is 75.7 Å². The quantitative estimate of drug-likeness (QED) is 0.0300. The molecule has 1 aliphatic rings. The molecule has 0 spiro atoms. The zero-order valence-corrected chi connectivity index (χ0v) is 29.7. The molecule has 13 nitrogen and oxygen atoms in total. The molecule has 48 heavy (non-hydrogen) atoms. The van der Waals surface area contributed by atoms with E-state index in [4.69, 9.17) is 18.5 Å². The van der Waals surface area contributed by atoms with Crippen molar-refractivity contribution in [2.45, 2.75) is 166 Å². The number of carbonyl (C=O) groups is 2. The Morgan fingerprint density at radius 2 is 1.12 bits per heavy atom. The van der Waals surface area contributed by atoms with Gasteiger partial charge in [0, 0.05) is 12.8 Å². The third-order valence-corrected chi connectivity index (χ3v) is 9.03. The fraction of sp³-hybridized carbons (Fsp3) is 0.824. The van der Waals surface area contributed by atoms with Crippen molar-refractivity contribution in [1.29, 1.82) is 0 Å². The molecule has 0 amide bonds. The Hall–Kier alpha value is -1.67. The van der Waals surface area contributed by atoms with Crippen LogP contribution in [0.15, 0.2) is 24.3 Å². The van der Waals surface area contributed by atoms with Gasteiger partial charge in [0.1, 0.15) is 43.2 Å². The van der Waals surface area contributed by atoms with E-state index in [1.807, 2.05) is 6.92 Å². The predicted molar refractivity (Wildman–Crippen MR) is 180 cm³/mol. The first-order chi connectivity index (χ1) is 22.9. The van der Waals surface area contributed by atoms with Gasteiger partial charge < -0.3 is 39.9 Å². The highest BCUT2D eigenvalue weighted by atomic mass is 31.2. The lowest BCUT2D eigenvalue weighted by Gasteiger charge is -2.41. The van der Waals surface area contributed by atoms with Crippen LogP contribution in [0.1, 0.15) is 123 Å². The van der Waals surface area contributed by atoms with Crippen LogP contribution in [-0.4, -0.2) is 98.3 Å². The Balaban J connectivity index is 2.52. The van der Waals surface area contributed by atoms with E-state index in [0.29, 0.717) is 12.8 Å². The molecule has 0 aromatic heterocycles. The van der Waals surface area contributed by atoms with Gasteiger partial charge in [0.05, 0.1) is 6.61 Å². The molecule has 0 aliphatic heterocycles. The van der Waals surface area contributed by atoms with E-state index in [1.54, 1.807) is 0 Å². The topological polar surface area (TPSA) is 210 Å². The molecule has 280 valence electrons. The summed E-state index contributed by atoms with van der Waals surface area (Å²) in [6.45, 7) is 3.06. The van der Waals surface area contributed by atoms with E-state index in [9.17, 15) is 44.6 Å². The first-order valence-electron chi connectivity index (χ1n) is 17.6. The number of phosphoric ester groups is 1. The minimum Gasteiger partial charge on any atom is -0.462 e. The number of allylic oxidation sites excluding steroid dienone is 4. The van der Waals surface area contributed by atoms with Gasteiger partial charge in [-0.1, -0.05) is 89.5 Å². The lowest BCUT2D eigenvalue weighted by atomic mass is 9.85. The van der Waals surface area contributed by atoms with Gasteiger partial charge in [0.25, 0.3) is 0 Å². The minimum atomic E-state index is -5.10. The van der Waals surface area contributed by atoms with Gasteiger partial charge in [0.15, 0.2) is 6.10 Å². The zero-order chi connectivity index (χ0) is 35.8. The molecular weight excluding hydrogens is 647 g/mol. The smallest absolute Gasteiger partial charge is 0.462 e. The molecule has 6 N–H and O–H groups in total. The number of hydrogen-bond donors (Lipinski definition) is 6. The van der Waals surface area contributed by atoms with Gasteiger partial charge in [-0.2, -0.15) is 0 Å². The van der Waals surface area contributed by atoms with Gasteiger partial charge in [-0.05, 0) is 44.9 Å². The standard InChI is InChI=1S/C34H61O13P/c1-3-5-7-9-10-11-12-13-14-15-16-17-18-19-21-23-28(36)46-26(24-44-27(35)22-20-8-6-4-2)25-45-48(42,43)47-34-32(40)30(38)29(37)31(39)33(34)41/h10-11,13-14,26,29-34,37-41H,3-9,12,15-25H2,1-2H3,(H,42,43)/b11-10-,14-13-. The molecule has 6 atom stereocenters. The van der Waals surface area contributed by atoms with Gasteiger partial charge in [0.2, 0.25) is 0 Å². The second kappa shape index (κ2) is 26.2. The van der Waals surface area contributed by atoms with Crippen LogP contribution in [0, 0.1) is 0 Å². The number of aliphatic hydroxyl groups excluding tert-OH is 5. The number of rotatable bonds is 27. The molecule has 0 aromatic carbocycles. The highest BCUT2D eigenvalue weighted by molar-refractivity contribution is 7.47. The maximum absolute atomic E-state index is 12.6. The number of unbranched alkanes of at least 4 members (excludes halogenated alkanes) is 11. The molecule has 1 saturated carbocycles. The van der Waals surface area contributed by atoms with Crippen molar-refractivity contribution >= 4 is 19.8 Å². The Morgan fingerprint density at radius 1 is 0.646 bits per heavy atom. The van der Waals surface area contributed by atoms with Crippen LogP contribution in [0.4, 0.5) is 0 Å². The molecule has 0 bridgehead atoms. The van der Waals surface area contributed by atoms with Gasteiger partial charge in [-0.15, -0.1) is 0 Å². The Bertz CT molecular complexity index is 959.